The molecule has 0 heterocycles. The maximum absolute atomic E-state index is 12.2. The Kier molecular flexibility index (Phi) is 5.98. The lowest BCUT2D eigenvalue weighted by Crippen LogP contribution is -2.44. The summed E-state index contributed by atoms with van der Waals surface area (Å²) in [6, 6.07) is 7.09. The highest BCUT2D eigenvalue weighted by atomic mass is 16.4. The number of hydrogen-bond acceptors (Lipinski definition) is 3. The van der Waals surface area contributed by atoms with E-state index in [0.29, 0.717) is 25.7 Å². The zero-order chi connectivity index (χ0) is 19.4. The van der Waals surface area contributed by atoms with Crippen LogP contribution in [0.2, 0.25) is 0 Å². The van der Waals surface area contributed by atoms with Crippen LogP contribution in [0.5, 0.6) is 0 Å². The van der Waals surface area contributed by atoms with E-state index in [-0.39, 0.29) is 35.9 Å². The molecule has 2 aliphatic rings. The Morgan fingerprint density at radius 3 is 2.11 bits per heavy atom. The van der Waals surface area contributed by atoms with Crippen molar-refractivity contribution in [3.8, 4) is 0 Å². The average molecular weight is 373 g/mol. The van der Waals surface area contributed by atoms with Crippen molar-refractivity contribution in [3.05, 3.63) is 29.8 Å². The zero-order valence-corrected chi connectivity index (χ0v) is 15.5. The van der Waals surface area contributed by atoms with E-state index in [2.05, 4.69) is 16.0 Å². The molecular formula is C20H27N3O4. The van der Waals surface area contributed by atoms with Crippen molar-refractivity contribution in [2.75, 3.05) is 5.32 Å². The van der Waals surface area contributed by atoms with Crippen molar-refractivity contribution < 1.29 is 19.5 Å². The molecule has 0 radical (unpaired) electrons. The molecule has 3 rings (SSSR count). The molecule has 0 aromatic heterocycles. The topological polar surface area (TPSA) is 108 Å². The Bertz CT molecular complexity index is 692. The summed E-state index contributed by atoms with van der Waals surface area (Å²) < 4.78 is 0. The Balaban J connectivity index is 1.43. The van der Waals surface area contributed by atoms with Crippen molar-refractivity contribution in [3.63, 3.8) is 0 Å². The van der Waals surface area contributed by atoms with Crippen LogP contribution in [0.1, 0.15) is 57.1 Å². The Hall–Kier alpha value is -2.57. The van der Waals surface area contributed by atoms with E-state index < -0.39 is 5.97 Å². The SMILES string of the molecule is CC(NC(=O)NC1CCC(C(=O)O)CC1)c1ccc(NC(=O)C2CC2)cc1. The first-order valence-corrected chi connectivity index (χ1v) is 9.63. The molecule has 1 aromatic rings. The van der Waals surface area contributed by atoms with Crippen LogP contribution in [-0.2, 0) is 9.59 Å². The first kappa shape index (κ1) is 19.2. The lowest BCUT2D eigenvalue weighted by Gasteiger charge is -2.27. The van der Waals surface area contributed by atoms with Gasteiger partial charge in [0.05, 0.1) is 12.0 Å². The normalized spacial score (nSPS) is 23.1. The molecular weight excluding hydrogens is 346 g/mol. The third-order valence-corrected chi connectivity index (χ3v) is 5.39. The van der Waals surface area contributed by atoms with Gasteiger partial charge in [0.2, 0.25) is 5.91 Å². The monoisotopic (exact) mass is 373 g/mol. The van der Waals surface area contributed by atoms with Gasteiger partial charge in [0.1, 0.15) is 0 Å². The summed E-state index contributed by atoms with van der Waals surface area (Å²) in [6.07, 6.45) is 4.52. The van der Waals surface area contributed by atoms with Crippen molar-refractivity contribution >= 4 is 23.6 Å². The van der Waals surface area contributed by atoms with Crippen LogP contribution in [0.3, 0.4) is 0 Å². The number of aliphatic carboxylic acids is 1. The van der Waals surface area contributed by atoms with Gasteiger partial charge in [-0.1, -0.05) is 12.1 Å². The molecule has 1 aromatic carbocycles. The molecule has 4 N–H and O–H groups in total. The number of benzene rings is 1. The smallest absolute Gasteiger partial charge is 0.315 e. The molecule has 0 spiro atoms. The van der Waals surface area contributed by atoms with E-state index in [9.17, 15) is 14.4 Å². The molecule has 2 saturated carbocycles. The van der Waals surface area contributed by atoms with Gasteiger partial charge in [-0.05, 0) is 63.1 Å². The van der Waals surface area contributed by atoms with E-state index in [1.54, 1.807) is 0 Å². The number of anilines is 1. The fourth-order valence-electron chi connectivity index (χ4n) is 3.44. The van der Waals surface area contributed by atoms with E-state index >= 15 is 0 Å². The number of carbonyl (C=O) groups is 3. The summed E-state index contributed by atoms with van der Waals surface area (Å²) >= 11 is 0. The van der Waals surface area contributed by atoms with Gasteiger partial charge < -0.3 is 21.1 Å². The minimum absolute atomic E-state index is 0.0211. The minimum atomic E-state index is -0.747. The first-order valence-electron chi connectivity index (χ1n) is 9.63. The van der Waals surface area contributed by atoms with E-state index in [0.717, 1.165) is 24.1 Å². The molecule has 7 nitrogen and oxygen atoms in total. The molecule has 0 saturated heterocycles. The largest absolute Gasteiger partial charge is 0.481 e. The Labute approximate surface area is 158 Å². The molecule has 1 atom stereocenters. The number of nitrogens with one attached hydrogen (secondary N) is 3. The molecule has 0 bridgehead atoms. The highest BCUT2D eigenvalue weighted by Gasteiger charge is 2.29. The van der Waals surface area contributed by atoms with Crippen LogP contribution >= 0.6 is 0 Å². The maximum Gasteiger partial charge on any atom is 0.315 e. The molecule has 0 aliphatic heterocycles. The molecule has 146 valence electrons. The Morgan fingerprint density at radius 2 is 1.56 bits per heavy atom. The van der Waals surface area contributed by atoms with Crippen LogP contribution in [0.4, 0.5) is 10.5 Å². The third kappa shape index (κ3) is 5.45. The molecule has 27 heavy (non-hydrogen) atoms. The summed E-state index contributed by atoms with van der Waals surface area (Å²) in [5.74, 6) is -0.794. The molecule has 2 fully saturated rings. The lowest BCUT2D eigenvalue weighted by atomic mass is 9.86. The summed E-state index contributed by atoms with van der Waals surface area (Å²) in [5, 5.41) is 17.8. The maximum atomic E-state index is 12.2. The van der Waals surface area contributed by atoms with Crippen molar-refractivity contribution in [1.82, 2.24) is 10.6 Å². The van der Waals surface area contributed by atoms with Crippen molar-refractivity contribution in [2.45, 2.75) is 57.5 Å². The number of rotatable bonds is 6. The average Bonchev–Trinajstić information content (AvgIpc) is 3.48. The van der Waals surface area contributed by atoms with Gasteiger partial charge in [-0.15, -0.1) is 0 Å². The summed E-state index contributed by atoms with van der Waals surface area (Å²) in [5.41, 5.74) is 1.71. The summed E-state index contributed by atoms with van der Waals surface area (Å²) in [4.78, 5) is 35.0. The first-order chi connectivity index (χ1) is 12.9. The predicted octanol–water partition coefficient (Wildman–Crippen LogP) is 3.04. The predicted molar refractivity (Wildman–Crippen MR) is 101 cm³/mol. The van der Waals surface area contributed by atoms with Gasteiger partial charge in [-0.25, -0.2) is 4.79 Å². The van der Waals surface area contributed by atoms with Crippen LogP contribution in [0, 0.1) is 11.8 Å². The highest BCUT2D eigenvalue weighted by Crippen LogP contribution is 2.30. The van der Waals surface area contributed by atoms with Gasteiger partial charge >= 0.3 is 12.0 Å². The molecule has 3 amide bonds. The highest BCUT2D eigenvalue weighted by molar-refractivity contribution is 5.94. The fourth-order valence-corrected chi connectivity index (χ4v) is 3.44. The standard InChI is InChI=1S/C20H27N3O4/c1-12(13-4-8-16(9-5-13)22-18(24)14-2-3-14)21-20(27)23-17-10-6-15(7-11-17)19(25)26/h4-5,8-9,12,14-15,17H,2-3,6-7,10-11H2,1H3,(H,22,24)(H,25,26)(H2,21,23,27). The number of hydrogen-bond donors (Lipinski definition) is 4. The Morgan fingerprint density at radius 1 is 0.963 bits per heavy atom. The number of carboxylic acids is 1. The van der Waals surface area contributed by atoms with E-state index in [1.165, 1.54) is 0 Å². The number of amides is 3. The van der Waals surface area contributed by atoms with Gasteiger partial charge in [0.25, 0.3) is 0 Å². The molecule has 1 unspecified atom stereocenters. The van der Waals surface area contributed by atoms with Crippen LogP contribution in [0.25, 0.3) is 0 Å². The van der Waals surface area contributed by atoms with Gasteiger partial charge in [-0.2, -0.15) is 0 Å². The third-order valence-electron chi connectivity index (χ3n) is 5.39. The summed E-state index contributed by atoms with van der Waals surface area (Å²) in [6.45, 7) is 1.90. The molecule has 7 heteroatoms. The number of urea groups is 1. The fraction of sp³-hybridized carbons (Fsp3) is 0.550. The van der Waals surface area contributed by atoms with Gasteiger partial charge in [-0.3, -0.25) is 9.59 Å². The minimum Gasteiger partial charge on any atom is -0.481 e. The second-order valence-corrected chi connectivity index (χ2v) is 7.61. The van der Waals surface area contributed by atoms with Crippen molar-refractivity contribution in [2.24, 2.45) is 11.8 Å². The number of carboxylic acid groups (broad SMARTS) is 1. The number of carbonyl (C=O) groups excluding carboxylic acids is 2. The summed E-state index contributed by atoms with van der Waals surface area (Å²) in [7, 11) is 0. The van der Waals surface area contributed by atoms with E-state index in [1.807, 2.05) is 31.2 Å². The lowest BCUT2D eigenvalue weighted by molar-refractivity contribution is -0.142. The quantitative estimate of drug-likeness (QED) is 0.615. The van der Waals surface area contributed by atoms with Crippen LogP contribution in [-0.4, -0.2) is 29.1 Å². The van der Waals surface area contributed by atoms with Crippen LogP contribution in [0.15, 0.2) is 24.3 Å². The second kappa shape index (κ2) is 8.41. The van der Waals surface area contributed by atoms with Crippen LogP contribution < -0.4 is 16.0 Å². The van der Waals surface area contributed by atoms with Crippen molar-refractivity contribution in [1.29, 1.82) is 0 Å². The zero-order valence-electron chi connectivity index (χ0n) is 15.5. The van der Waals surface area contributed by atoms with E-state index in [4.69, 9.17) is 5.11 Å². The van der Waals surface area contributed by atoms with Gasteiger partial charge in [0, 0.05) is 17.6 Å². The molecule has 2 aliphatic carbocycles. The van der Waals surface area contributed by atoms with Gasteiger partial charge in [0.15, 0.2) is 0 Å². The second-order valence-electron chi connectivity index (χ2n) is 7.61.